The van der Waals surface area contributed by atoms with Crippen LogP contribution in [0.25, 0.3) is 0 Å². The van der Waals surface area contributed by atoms with Crippen molar-refractivity contribution < 1.29 is 15.0 Å². The van der Waals surface area contributed by atoms with E-state index in [0.717, 1.165) is 11.1 Å². The third kappa shape index (κ3) is 4.14. The molecule has 1 rings (SSSR count). The van der Waals surface area contributed by atoms with E-state index in [2.05, 4.69) is 13.0 Å². The molecule has 0 saturated heterocycles. The van der Waals surface area contributed by atoms with Gasteiger partial charge in [0.2, 0.25) is 0 Å². The van der Waals surface area contributed by atoms with E-state index >= 15 is 0 Å². The lowest BCUT2D eigenvalue weighted by Crippen LogP contribution is -1.89. The zero-order valence-electron chi connectivity index (χ0n) is 8.90. The van der Waals surface area contributed by atoms with Gasteiger partial charge in [-0.1, -0.05) is 6.07 Å². The van der Waals surface area contributed by atoms with E-state index in [4.69, 9.17) is 20.3 Å². The Balaban J connectivity index is 0.000000423. The van der Waals surface area contributed by atoms with Crippen LogP contribution in [0.3, 0.4) is 0 Å². The molecule has 80 valence electrons. The zero-order chi connectivity index (χ0) is 12.0. The van der Waals surface area contributed by atoms with Crippen molar-refractivity contribution in [2.24, 2.45) is 0 Å². The number of nitrogens with zero attached hydrogens (tertiary/aromatic N) is 1. The molecule has 1 aromatic rings. The second kappa shape index (κ2) is 5.66. The van der Waals surface area contributed by atoms with E-state index in [1.165, 1.54) is 11.1 Å². The molecule has 0 radical (unpaired) electrons. The van der Waals surface area contributed by atoms with Crippen LogP contribution in [0.5, 0.6) is 0 Å². The minimum absolute atomic E-state index is 0.785. The molecule has 15 heavy (non-hydrogen) atoms. The average Bonchev–Trinajstić information content (AvgIpc) is 2.14. The standard InChI is InChI=1S/C10H11N.CH2O3/c1-7-4-5-10(6-11)9(3)8(7)2;2-1(3)4/h4-5H,1-3H3;(H2,2,3,4). The summed E-state index contributed by atoms with van der Waals surface area (Å²) in [6.45, 7) is 6.09. The lowest BCUT2D eigenvalue weighted by molar-refractivity contribution is 0.137. The van der Waals surface area contributed by atoms with Crippen molar-refractivity contribution in [1.82, 2.24) is 0 Å². The zero-order valence-corrected chi connectivity index (χ0v) is 8.90. The first-order chi connectivity index (χ1) is 6.90. The Hall–Kier alpha value is -2.02. The predicted molar refractivity (Wildman–Crippen MR) is 56.0 cm³/mol. The molecule has 0 aliphatic heterocycles. The first-order valence-corrected chi connectivity index (χ1v) is 4.29. The molecule has 0 aromatic heterocycles. The van der Waals surface area contributed by atoms with Crippen LogP contribution < -0.4 is 0 Å². The van der Waals surface area contributed by atoms with Gasteiger partial charge in [-0.2, -0.15) is 5.26 Å². The lowest BCUT2D eigenvalue weighted by atomic mass is 10.00. The van der Waals surface area contributed by atoms with Crippen LogP contribution >= 0.6 is 0 Å². The molecule has 0 saturated carbocycles. The topological polar surface area (TPSA) is 81.3 Å². The van der Waals surface area contributed by atoms with Crippen molar-refractivity contribution in [3.8, 4) is 6.07 Å². The number of hydrogen-bond donors (Lipinski definition) is 2. The molecule has 0 bridgehead atoms. The maximum atomic E-state index is 8.68. The monoisotopic (exact) mass is 207 g/mol. The summed E-state index contributed by atoms with van der Waals surface area (Å²) in [6.07, 6.45) is -1.83. The van der Waals surface area contributed by atoms with Gasteiger partial charge in [0, 0.05) is 0 Å². The summed E-state index contributed by atoms with van der Waals surface area (Å²) in [5.41, 5.74) is 4.37. The fourth-order valence-electron chi connectivity index (χ4n) is 1.08. The molecule has 1 aromatic carbocycles. The number of nitriles is 1. The Kier molecular flexibility index (Phi) is 4.89. The molecule has 0 spiro atoms. The number of carbonyl (C=O) groups is 1. The molecule has 0 heterocycles. The van der Waals surface area contributed by atoms with Crippen LogP contribution in [-0.4, -0.2) is 16.4 Å². The molecular formula is C11H13NO3. The van der Waals surface area contributed by atoms with Gasteiger partial charge in [0.05, 0.1) is 11.6 Å². The van der Waals surface area contributed by atoms with Crippen LogP contribution in [-0.2, 0) is 0 Å². The third-order valence-electron chi connectivity index (χ3n) is 2.18. The predicted octanol–water partition coefficient (Wildman–Crippen LogP) is 2.71. The fraction of sp³-hybridized carbons (Fsp3) is 0.273. The van der Waals surface area contributed by atoms with E-state index < -0.39 is 6.16 Å². The Bertz CT molecular complexity index is 401. The van der Waals surface area contributed by atoms with Crippen molar-refractivity contribution in [2.75, 3.05) is 0 Å². The van der Waals surface area contributed by atoms with Crippen molar-refractivity contribution >= 4 is 6.16 Å². The Morgan fingerprint density at radius 1 is 1.20 bits per heavy atom. The van der Waals surface area contributed by atoms with Crippen molar-refractivity contribution in [1.29, 1.82) is 5.26 Å². The minimum atomic E-state index is -1.83. The third-order valence-corrected chi connectivity index (χ3v) is 2.18. The maximum absolute atomic E-state index is 8.68. The van der Waals surface area contributed by atoms with Crippen molar-refractivity contribution in [2.45, 2.75) is 20.8 Å². The van der Waals surface area contributed by atoms with E-state index in [0.29, 0.717) is 0 Å². The second-order valence-corrected chi connectivity index (χ2v) is 3.07. The second-order valence-electron chi connectivity index (χ2n) is 3.07. The number of aryl methyl sites for hydroxylation is 1. The summed E-state index contributed by atoms with van der Waals surface area (Å²) in [4.78, 5) is 8.56. The van der Waals surface area contributed by atoms with Crippen LogP contribution in [0.4, 0.5) is 4.79 Å². The summed E-state index contributed by atoms with van der Waals surface area (Å²) >= 11 is 0. The molecule has 2 N–H and O–H groups in total. The highest BCUT2D eigenvalue weighted by Crippen LogP contribution is 2.15. The molecule has 0 aliphatic rings. The van der Waals surface area contributed by atoms with Crippen LogP contribution in [0.1, 0.15) is 22.3 Å². The van der Waals surface area contributed by atoms with Gasteiger partial charge in [0.15, 0.2) is 0 Å². The van der Waals surface area contributed by atoms with Gasteiger partial charge < -0.3 is 10.2 Å². The highest BCUT2D eigenvalue weighted by atomic mass is 16.6. The van der Waals surface area contributed by atoms with Gasteiger partial charge in [0.25, 0.3) is 0 Å². The first kappa shape index (κ1) is 13.0. The molecular weight excluding hydrogens is 194 g/mol. The van der Waals surface area contributed by atoms with Crippen LogP contribution in [0.2, 0.25) is 0 Å². The van der Waals surface area contributed by atoms with Gasteiger partial charge in [-0.15, -0.1) is 0 Å². The molecule has 0 fully saturated rings. The molecule has 4 nitrogen and oxygen atoms in total. The summed E-state index contributed by atoms with van der Waals surface area (Å²) in [5, 5.41) is 22.6. The van der Waals surface area contributed by atoms with E-state index in [-0.39, 0.29) is 0 Å². The van der Waals surface area contributed by atoms with E-state index in [9.17, 15) is 0 Å². The highest BCUT2D eigenvalue weighted by molar-refractivity contribution is 5.53. The van der Waals surface area contributed by atoms with Crippen LogP contribution in [0, 0.1) is 32.1 Å². The normalized spacial score (nSPS) is 8.40. The maximum Gasteiger partial charge on any atom is 0.503 e. The summed E-state index contributed by atoms with van der Waals surface area (Å²) in [6, 6.07) is 6.02. The smallest absolute Gasteiger partial charge is 0.450 e. The number of hydrogen-bond acceptors (Lipinski definition) is 2. The quantitative estimate of drug-likeness (QED) is 0.685. The Labute approximate surface area is 88.4 Å². The van der Waals surface area contributed by atoms with E-state index in [1.54, 1.807) is 0 Å². The molecule has 0 unspecified atom stereocenters. The summed E-state index contributed by atoms with van der Waals surface area (Å²) in [5.74, 6) is 0. The first-order valence-electron chi connectivity index (χ1n) is 4.29. The highest BCUT2D eigenvalue weighted by Gasteiger charge is 2.01. The Morgan fingerprint density at radius 3 is 2.07 bits per heavy atom. The number of benzene rings is 1. The molecule has 0 atom stereocenters. The SMILES string of the molecule is Cc1ccc(C#N)c(C)c1C.O=C(O)O. The minimum Gasteiger partial charge on any atom is -0.450 e. The van der Waals surface area contributed by atoms with Crippen molar-refractivity contribution in [3.05, 3.63) is 34.4 Å². The number of rotatable bonds is 0. The van der Waals surface area contributed by atoms with Gasteiger partial charge in [-0.05, 0) is 43.5 Å². The summed E-state index contributed by atoms with van der Waals surface area (Å²) < 4.78 is 0. The van der Waals surface area contributed by atoms with Crippen LogP contribution in [0.15, 0.2) is 12.1 Å². The average molecular weight is 207 g/mol. The van der Waals surface area contributed by atoms with E-state index in [1.807, 2.05) is 26.0 Å². The summed E-state index contributed by atoms with van der Waals surface area (Å²) in [7, 11) is 0. The van der Waals surface area contributed by atoms with Crippen molar-refractivity contribution in [3.63, 3.8) is 0 Å². The molecule has 4 heteroatoms. The largest absolute Gasteiger partial charge is 0.503 e. The molecule has 0 amide bonds. The lowest BCUT2D eigenvalue weighted by Gasteiger charge is -2.04. The van der Waals surface area contributed by atoms with Gasteiger partial charge in [-0.3, -0.25) is 0 Å². The van der Waals surface area contributed by atoms with Gasteiger partial charge in [0.1, 0.15) is 0 Å². The Morgan fingerprint density at radius 2 is 1.67 bits per heavy atom. The van der Waals surface area contributed by atoms with Gasteiger partial charge >= 0.3 is 6.16 Å². The fourth-order valence-corrected chi connectivity index (χ4v) is 1.08. The number of carboxylic acid groups (broad SMARTS) is 2. The molecule has 0 aliphatic carbocycles. The van der Waals surface area contributed by atoms with Gasteiger partial charge in [-0.25, -0.2) is 4.79 Å².